The highest BCUT2D eigenvalue weighted by atomic mass is 16.5. The summed E-state index contributed by atoms with van der Waals surface area (Å²) in [5.74, 6) is 0.928. The molecule has 180 valence electrons. The van der Waals surface area contributed by atoms with E-state index in [2.05, 4.69) is 94.3 Å². The van der Waals surface area contributed by atoms with Crippen LogP contribution in [0.25, 0.3) is 11.0 Å². The van der Waals surface area contributed by atoms with Gasteiger partial charge < -0.3 is 14.2 Å². The van der Waals surface area contributed by atoms with Crippen LogP contribution in [0, 0.1) is 12.3 Å². The zero-order chi connectivity index (χ0) is 23.8. The summed E-state index contributed by atoms with van der Waals surface area (Å²) in [5, 5.41) is 1.23. The van der Waals surface area contributed by atoms with Crippen LogP contribution < -0.4 is 9.64 Å². The summed E-state index contributed by atoms with van der Waals surface area (Å²) >= 11 is 0. The number of fused-ring (bicyclic) bond motifs is 1. The van der Waals surface area contributed by atoms with E-state index in [1.807, 2.05) is 0 Å². The zero-order valence-corrected chi connectivity index (χ0v) is 20.8. The number of hydrogen-bond donors (Lipinski definition) is 0. The van der Waals surface area contributed by atoms with Crippen LogP contribution in [0.5, 0.6) is 5.75 Å². The molecule has 0 atom stereocenters. The van der Waals surface area contributed by atoms with Gasteiger partial charge in [0.25, 0.3) is 0 Å². The van der Waals surface area contributed by atoms with Crippen LogP contribution in [0.1, 0.15) is 29.5 Å². The molecule has 0 radical (unpaired) electrons. The Kier molecular flexibility index (Phi) is 5.73. The Balaban J connectivity index is 1.05. The number of benzene rings is 2. The molecule has 0 bridgehead atoms. The van der Waals surface area contributed by atoms with Gasteiger partial charge in [0.05, 0.1) is 19.0 Å². The fraction of sp³-hybridized carbons (Fsp3) is 0.367. The number of aromatic nitrogens is 2. The van der Waals surface area contributed by atoms with E-state index >= 15 is 0 Å². The van der Waals surface area contributed by atoms with Gasteiger partial charge in [0.1, 0.15) is 11.4 Å². The first kappa shape index (κ1) is 22.2. The van der Waals surface area contributed by atoms with E-state index in [1.165, 1.54) is 53.7 Å². The van der Waals surface area contributed by atoms with Crippen LogP contribution in [-0.2, 0) is 13.1 Å². The second kappa shape index (κ2) is 9.04. The van der Waals surface area contributed by atoms with E-state index in [0.29, 0.717) is 5.41 Å². The molecule has 2 aliphatic rings. The molecular weight excluding hydrogens is 432 g/mol. The zero-order valence-electron chi connectivity index (χ0n) is 20.8. The number of ether oxygens (including phenoxy) is 1. The quantitative estimate of drug-likeness (QED) is 0.376. The van der Waals surface area contributed by atoms with Crippen LogP contribution in [0.4, 0.5) is 5.69 Å². The Morgan fingerprint density at radius 3 is 2.29 bits per heavy atom. The molecular formula is C30H34N4O. The minimum Gasteiger partial charge on any atom is -0.497 e. The number of hydrogen-bond acceptors (Lipinski definition) is 4. The van der Waals surface area contributed by atoms with E-state index in [9.17, 15) is 0 Å². The summed E-state index contributed by atoms with van der Waals surface area (Å²) in [6.45, 7) is 8.69. The third kappa shape index (κ3) is 4.53. The first-order valence-corrected chi connectivity index (χ1v) is 12.7. The molecule has 4 heterocycles. The molecule has 2 aromatic carbocycles. The molecule has 0 aliphatic carbocycles. The second-order valence-corrected chi connectivity index (χ2v) is 10.5. The highest BCUT2D eigenvalue weighted by Crippen LogP contribution is 2.42. The van der Waals surface area contributed by atoms with Gasteiger partial charge in [-0.2, -0.15) is 0 Å². The molecule has 0 saturated carbocycles. The van der Waals surface area contributed by atoms with Crippen molar-refractivity contribution in [1.82, 2.24) is 14.5 Å². The topological polar surface area (TPSA) is 33.5 Å². The van der Waals surface area contributed by atoms with Crippen molar-refractivity contribution in [3.8, 4) is 5.75 Å². The summed E-state index contributed by atoms with van der Waals surface area (Å²) in [6, 6.07) is 21.8. The van der Waals surface area contributed by atoms with Gasteiger partial charge >= 0.3 is 0 Å². The maximum Gasteiger partial charge on any atom is 0.140 e. The van der Waals surface area contributed by atoms with Crippen LogP contribution in [0.3, 0.4) is 0 Å². The summed E-state index contributed by atoms with van der Waals surface area (Å²) in [7, 11) is 1.72. The van der Waals surface area contributed by atoms with Gasteiger partial charge in [-0.05, 0) is 60.6 Å². The van der Waals surface area contributed by atoms with Crippen molar-refractivity contribution in [3.63, 3.8) is 0 Å². The Morgan fingerprint density at radius 2 is 1.57 bits per heavy atom. The summed E-state index contributed by atoms with van der Waals surface area (Å²) < 4.78 is 7.53. The normalized spacial score (nSPS) is 17.6. The van der Waals surface area contributed by atoms with Gasteiger partial charge in [-0.25, -0.2) is 4.98 Å². The van der Waals surface area contributed by atoms with Crippen molar-refractivity contribution < 1.29 is 4.74 Å². The number of anilines is 1. The average molecular weight is 467 g/mol. The average Bonchev–Trinajstić information content (AvgIpc) is 3.27. The fourth-order valence-electron chi connectivity index (χ4n) is 5.82. The summed E-state index contributed by atoms with van der Waals surface area (Å²) in [4.78, 5) is 9.99. The molecule has 2 saturated heterocycles. The first-order chi connectivity index (χ1) is 17.1. The molecule has 35 heavy (non-hydrogen) atoms. The van der Waals surface area contributed by atoms with Crippen LogP contribution in [0.2, 0.25) is 0 Å². The Bertz CT molecular complexity index is 1290. The lowest BCUT2D eigenvalue weighted by molar-refractivity contribution is -0.0240. The molecule has 2 aliphatic heterocycles. The van der Waals surface area contributed by atoms with Crippen molar-refractivity contribution >= 4 is 16.7 Å². The van der Waals surface area contributed by atoms with Crippen molar-refractivity contribution in [2.24, 2.45) is 5.41 Å². The minimum atomic E-state index is 0.498. The number of rotatable bonds is 6. The molecule has 0 N–H and O–H groups in total. The molecule has 4 aromatic rings. The number of aryl methyl sites for hydroxylation is 1. The highest BCUT2D eigenvalue weighted by molar-refractivity contribution is 5.80. The maximum absolute atomic E-state index is 5.28. The van der Waals surface area contributed by atoms with Gasteiger partial charge in [0, 0.05) is 50.9 Å². The minimum absolute atomic E-state index is 0.498. The predicted octanol–water partition coefficient (Wildman–Crippen LogP) is 5.50. The largest absolute Gasteiger partial charge is 0.497 e. The molecule has 6 rings (SSSR count). The highest BCUT2D eigenvalue weighted by Gasteiger charge is 2.44. The smallest absolute Gasteiger partial charge is 0.140 e. The van der Waals surface area contributed by atoms with E-state index in [-0.39, 0.29) is 0 Å². The number of piperidine rings is 1. The lowest BCUT2D eigenvalue weighted by atomic mass is 9.72. The molecule has 5 heteroatoms. The number of methoxy groups -OCH3 is 1. The summed E-state index contributed by atoms with van der Waals surface area (Å²) in [6.07, 6.45) is 6.76. The van der Waals surface area contributed by atoms with E-state index in [0.717, 1.165) is 37.6 Å². The Morgan fingerprint density at radius 1 is 0.886 bits per heavy atom. The van der Waals surface area contributed by atoms with E-state index in [4.69, 9.17) is 9.72 Å². The monoisotopic (exact) mass is 466 g/mol. The Labute approximate surface area is 208 Å². The third-order valence-corrected chi connectivity index (χ3v) is 7.93. The Hall–Kier alpha value is -3.31. The maximum atomic E-state index is 5.28. The van der Waals surface area contributed by atoms with Crippen molar-refractivity contribution in [2.75, 3.05) is 38.2 Å². The number of nitrogens with zero attached hydrogens (tertiary/aromatic N) is 4. The molecule has 5 nitrogen and oxygen atoms in total. The van der Waals surface area contributed by atoms with Crippen LogP contribution in [0.15, 0.2) is 73.1 Å². The SMILES string of the molecule is COc1ccc(CN2CC3(CCN(c4cnc5c(ccn5Cc5ccc(C)cc5)c4)CC3)C2)cc1. The fourth-order valence-corrected chi connectivity index (χ4v) is 5.82. The van der Waals surface area contributed by atoms with E-state index in [1.54, 1.807) is 7.11 Å². The number of likely N-dealkylation sites (tertiary alicyclic amines) is 1. The van der Waals surface area contributed by atoms with Crippen LogP contribution >= 0.6 is 0 Å². The summed E-state index contributed by atoms with van der Waals surface area (Å²) in [5.41, 5.74) is 6.79. The van der Waals surface area contributed by atoms with Crippen molar-refractivity contribution in [3.05, 3.63) is 89.7 Å². The number of pyridine rings is 1. The van der Waals surface area contributed by atoms with Gasteiger partial charge in [0.15, 0.2) is 0 Å². The lowest BCUT2D eigenvalue weighted by Crippen LogP contribution is -2.59. The van der Waals surface area contributed by atoms with Crippen molar-refractivity contribution in [2.45, 2.75) is 32.9 Å². The predicted molar refractivity (Wildman–Crippen MR) is 142 cm³/mol. The lowest BCUT2D eigenvalue weighted by Gasteiger charge is -2.54. The first-order valence-electron chi connectivity index (χ1n) is 12.7. The standard InChI is InChI=1S/C30H34N4O/c1-23-3-5-25(6-4-23)20-34-14-11-26-17-27(18-31-29(26)34)33-15-12-30(13-16-33)21-32(22-30)19-24-7-9-28(35-2)10-8-24/h3-11,14,17-18H,12-13,15-16,19-22H2,1-2H3. The molecule has 2 aromatic heterocycles. The third-order valence-electron chi connectivity index (χ3n) is 7.93. The van der Waals surface area contributed by atoms with Crippen LogP contribution in [-0.4, -0.2) is 47.7 Å². The van der Waals surface area contributed by atoms with Gasteiger partial charge in [-0.3, -0.25) is 4.90 Å². The van der Waals surface area contributed by atoms with Gasteiger partial charge in [-0.15, -0.1) is 0 Å². The second-order valence-electron chi connectivity index (χ2n) is 10.5. The van der Waals surface area contributed by atoms with Crippen molar-refractivity contribution in [1.29, 1.82) is 0 Å². The van der Waals surface area contributed by atoms with E-state index < -0.39 is 0 Å². The van der Waals surface area contributed by atoms with Gasteiger partial charge in [-0.1, -0.05) is 42.0 Å². The molecule has 0 amide bonds. The molecule has 2 fully saturated rings. The molecule has 0 unspecified atom stereocenters. The molecule has 1 spiro atoms. The van der Waals surface area contributed by atoms with Gasteiger partial charge in [0.2, 0.25) is 0 Å².